The van der Waals surface area contributed by atoms with Crippen LogP contribution in [0.1, 0.15) is 64.4 Å². The van der Waals surface area contributed by atoms with Gasteiger partial charge >= 0.3 is 5.97 Å². The summed E-state index contributed by atoms with van der Waals surface area (Å²) in [5.41, 5.74) is 0.897. The third-order valence-electron chi connectivity index (χ3n) is 4.44. The second kappa shape index (κ2) is 12.9. The largest absolute Gasteiger partial charge is 0.480 e. The van der Waals surface area contributed by atoms with Crippen molar-refractivity contribution in [2.45, 2.75) is 77.3 Å². The number of benzene rings is 1. The molecule has 3 N–H and O–H groups in total. The van der Waals surface area contributed by atoms with E-state index in [0.29, 0.717) is 12.8 Å². The van der Waals surface area contributed by atoms with Crippen LogP contribution in [-0.4, -0.2) is 35.0 Å². The number of hydrogen-bond acceptors (Lipinski definition) is 3. The van der Waals surface area contributed by atoms with Crippen molar-refractivity contribution in [3.8, 4) is 0 Å². The molecule has 1 aromatic rings. The second-order valence-corrected chi connectivity index (χ2v) is 6.90. The van der Waals surface area contributed by atoms with Crippen LogP contribution in [0.25, 0.3) is 0 Å². The smallest absolute Gasteiger partial charge is 0.326 e. The minimum absolute atomic E-state index is 0.315. The topological polar surface area (TPSA) is 95.5 Å². The molecule has 0 heterocycles. The molecule has 0 aromatic heterocycles. The van der Waals surface area contributed by atoms with E-state index < -0.39 is 24.0 Å². The number of hydrogen-bond donors (Lipinski definition) is 3. The summed E-state index contributed by atoms with van der Waals surface area (Å²) in [5.74, 6) is -1.83. The number of unbranched alkanes of at least 4 members (excludes halogenated alkanes) is 5. The minimum Gasteiger partial charge on any atom is -0.480 e. The zero-order chi connectivity index (χ0) is 20.1. The molecule has 1 aromatic carbocycles. The lowest BCUT2D eigenvalue weighted by atomic mass is 10.0. The first-order chi connectivity index (χ1) is 12.9. The number of nitrogens with one attached hydrogen (secondary N) is 2. The highest BCUT2D eigenvalue weighted by Gasteiger charge is 2.25. The van der Waals surface area contributed by atoms with Crippen molar-refractivity contribution in [3.05, 3.63) is 35.9 Å². The van der Waals surface area contributed by atoms with Crippen molar-refractivity contribution in [2.24, 2.45) is 0 Å². The molecule has 0 saturated carbocycles. The maximum absolute atomic E-state index is 12.6. The van der Waals surface area contributed by atoms with Crippen molar-refractivity contribution < 1.29 is 19.5 Å². The highest BCUT2D eigenvalue weighted by Crippen LogP contribution is 2.10. The van der Waals surface area contributed by atoms with Gasteiger partial charge in [-0.1, -0.05) is 75.8 Å². The van der Waals surface area contributed by atoms with E-state index in [0.717, 1.165) is 31.2 Å². The summed E-state index contributed by atoms with van der Waals surface area (Å²) in [6, 6.07) is 7.60. The highest BCUT2D eigenvalue weighted by atomic mass is 16.4. The third kappa shape index (κ3) is 9.78. The summed E-state index contributed by atoms with van der Waals surface area (Å²) in [5, 5.41) is 14.6. The molecular formula is C21H32N2O4. The number of carboxylic acids is 1. The Kier molecular flexibility index (Phi) is 10.8. The van der Waals surface area contributed by atoms with Gasteiger partial charge in [0.2, 0.25) is 11.8 Å². The van der Waals surface area contributed by atoms with E-state index in [9.17, 15) is 19.5 Å². The Hall–Kier alpha value is -2.37. The highest BCUT2D eigenvalue weighted by molar-refractivity contribution is 5.90. The fraction of sp³-hybridized carbons (Fsp3) is 0.571. The average molecular weight is 376 g/mol. The van der Waals surface area contributed by atoms with Gasteiger partial charge < -0.3 is 15.7 Å². The van der Waals surface area contributed by atoms with Crippen LogP contribution >= 0.6 is 0 Å². The first-order valence-corrected chi connectivity index (χ1v) is 9.78. The zero-order valence-electron chi connectivity index (χ0n) is 16.4. The normalized spacial score (nSPS) is 12.8. The van der Waals surface area contributed by atoms with Crippen LogP contribution < -0.4 is 10.6 Å². The molecular weight excluding hydrogens is 344 g/mol. The van der Waals surface area contributed by atoms with Gasteiger partial charge in [-0.25, -0.2) is 4.79 Å². The fourth-order valence-electron chi connectivity index (χ4n) is 2.96. The first kappa shape index (κ1) is 22.7. The van der Waals surface area contributed by atoms with Crippen molar-refractivity contribution >= 4 is 17.8 Å². The lowest BCUT2D eigenvalue weighted by molar-refractivity contribution is -0.142. The molecule has 0 aliphatic carbocycles. The number of carbonyl (C=O) groups is 3. The second-order valence-electron chi connectivity index (χ2n) is 6.90. The third-order valence-corrected chi connectivity index (χ3v) is 4.44. The van der Waals surface area contributed by atoms with Crippen LogP contribution in [0.4, 0.5) is 0 Å². The Labute approximate surface area is 161 Å². The Morgan fingerprint density at radius 2 is 1.56 bits per heavy atom. The Bertz CT molecular complexity index is 589. The van der Waals surface area contributed by atoms with Gasteiger partial charge in [-0.15, -0.1) is 0 Å². The van der Waals surface area contributed by atoms with E-state index >= 15 is 0 Å². The minimum atomic E-state index is -1.04. The van der Waals surface area contributed by atoms with Crippen LogP contribution in [0, 0.1) is 0 Å². The summed E-state index contributed by atoms with van der Waals surface area (Å²) in [7, 11) is 0. The number of aliphatic carboxylic acids is 1. The lowest BCUT2D eigenvalue weighted by Gasteiger charge is -2.21. The van der Waals surface area contributed by atoms with Crippen molar-refractivity contribution in [1.82, 2.24) is 10.6 Å². The van der Waals surface area contributed by atoms with Crippen LogP contribution in [-0.2, 0) is 20.8 Å². The molecule has 6 heteroatoms. The molecule has 0 aliphatic rings. The van der Waals surface area contributed by atoms with Gasteiger partial charge in [0.25, 0.3) is 0 Å². The molecule has 2 atom stereocenters. The quantitative estimate of drug-likeness (QED) is 0.461. The van der Waals surface area contributed by atoms with E-state index in [1.165, 1.54) is 19.8 Å². The molecule has 1 rings (SSSR count). The van der Waals surface area contributed by atoms with Gasteiger partial charge in [-0.05, 0) is 12.0 Å². The number of amides is 2. The van der Waals surface area contributed by atoms with Gasteiger partial charge in [-0.3, -0.25) is 9.59 Å². The molecule has 0 saturated heterocycles. The van der Waals surface area contributed by atoms with Crippen LogP contribution in [0.3, 0.4) is 0 Å². The van der Waals surface area contributed by atoms with E-state index in [1.54, 1.807) is 0 Å². The van der Waals surface area contributed by atoms with Gasteiger partial charge in [0.1, 0.15) is 12.1 Å². The molecule has 0 fully saturated rings. The average Bonchev–Trinajstić information content (AvgIpc) is 2.63. The monoisotopic (exact) mass is 376 g/mol. The molecule has 2 amide bonds. The molecule has 150 valence electrons. The predicted molar refractivity (Wildman–Crippen MR) is 105 cm³/mol. The summed E-state index contributed by atoms with van der Waals surface area (Å²) in [4.78, 5) is 35.5. The Balaban J connectivity index is 2.60. The standard InChI is InChI=1S/C21H32N2O4/c1-3-4-5-6-7-11-14-18(21(26)27)23-20(25)19(22-16(2)24)15-17-12-9-8-10-13-17/h8-10,12-13,18-19H,3-7,11,14-15H2,1-2H3,(H,22,24)(H,23,25)(H,26,27)/t18-,19+/m1/s1. The molecule has 0 aliphatic heterocycles. The molecule has 0 radical (unpaired) electrons. The van der Waals surface area contributed by atoms with Gasteiger partial charge in [0.15, 0.2) is 0 Å². The summed E-state index contributed by atoms with van der Waals surface area (Å²) < 4.78 is 0. The maximum atomic E-state index is 12.6. The maximum Gasteiger partial charge on any atom is 0.326 e. The lowest BCUT2D eigenvalue weighted by Crippen LogP contribution is -2.52. The molecule has 0 spiro atoms. The Morgan fingerprint density at radius 3 is 2.15 bits per heavy atom. The van der Waals surface area contributed by atoms with E-state index in [1.807, 2.05) is 30.3 Å². The summed E-state index contributed by atoms with van der Waals surface area (Å²) in [6.45, 7) is 3.49. The number of carbonyl (C=O) groups excluding carboxylic acids is 2. The van der Waals surface area contributed by atoms with E-state index in [4.69, 9.17) is 0 Å². The van der Waals surface area contributed by atoms with Crippen LogP contribution in [0.5, 0.6) is 0 Å². The van der Waals surface area contributed by atoms with E-state index in [-0.39, 0.29) is 5.91 Å². The molecule has 6 nitrogen and oxygen atoms in total. The van der Waals surface area contributed by atoms with Crippen molar-refractivity contribution in [2.75, 3.05) is 0 Å². The van der Waals surface area contributed by atoms with Gasteiger partial charge in [0.05, 0.1) is 0 Å². The van der Waals surface area contributed by atoms with Crippen molar-refractivity contribution in [1.29, 1.82) is 0 Å². The molecule has 27 heavy (non-hydrogen) atoms. The van der Waals surface area contributed by atoms with Gasteiger partial charge in [0, 0.05) is 13.3 Å². The molecule has 0 bridgehead atoms. The first-order valence-electron chi connectivity index (χ1n) is 9.78. The number of carboxylic acid groups (broad SMARTS) is 1. The zero-order valence-corrected chi connectivity index (χ0v) is 16.4. The summed E-state index contributed by atoms with van der Waals surface area (Å²) >= 11 is 0. The fourth-order valence-corrected chi connectivity index (χ4v) is 2.96. The summed E-state index contributed by atoms with van der Waals surface area (Å²) in [6.07, 6.45) is 7.01. The van der Waals surface area contributed by atoms with Gasteiger partial charge in [-0.2, -0.15) is 0 Å². The van der Waals surface area contributed by atoms with Crippen LogP contribution in [0.2, 0.25) is 0 Å². The predicted octanol–water partition coefficient (Wildman–Crippen LogP) is 3.05. The molecule has 0 unspecified atom stereocenters. The number of rotatable bonds is 13. The van der Waals surface area contributed by atoms with Crippen molar-refractivity contribution in [3.63, 3.8) is 0 Å². The van der Waals surface area contributed by atoms with E-state index in [2.05, 4.69) is 17.6 Å². The van der Waals surface area contributed by atoms with Crippen LogP contribution in [0.15, 0.2) is 30.3 Å². The SMILES string of the molecule is CCCCCCCC[C@@H](NC(=O)[C@H](Cc1ccccc1)NC(C)=O)C(=O)O. The Morgan fingerprint density at radius 1 is 0.926 bits per heavy atom.